The lowest BCUT2D eigenvalue weighted by Crippen LogP contribution is -2.50. The third-order valence-electron chi connectivity index (χ3n) is 4.94. The van der Waals surface area contributed by atoms with Crippen molar-refractivity contribution in [3.8, 4) is 0 Å². The Bertz CT molecular complexity index is 380. The number of aliphatic hydroxyl groups is 1. The number of carboxylic acids is 1. The maximum atomic E-state index is 12.1. The minimum atomic E-state index is -0.700. The van der Waals surface area contributed by atoms with E-state index >= 15 is 0 Å². The number of nitrogens with one attached hydrogen (secondary N) is 1. The maximum Gasteiger partial charge on any atom is 0.317 e. The van der Waals surface area contributed by atoms with Gasteiger partial charge in [0.15, 0.2) is 0 Å². The van der Waals surface area contributed by atoms with Crippen LogP contribution in [0, 0.1) is 17.8 Å². The summed E-state index contributed by atoms with van der Waals surface area (Å²) < 4.78 is 0. The quantitative estimate of drug-likeness (QED) is 0.732. The van der Waals surface area contributed by atoms with E-state index in [-0.39, 0.29) is 17.9 Å². The molecule has 1 saturated heterocycles. The Morgan fingerprint density at radius 2 is 1.86 bits per heavy atom. The monoisotopic (exact) mass is 298 g/mol. The first-order valence-electron chi connectivity index (χ1n) is 7.91. The summed E-state index contributed by atoms with van der Waals surface area (Å²) in [5.41, 5.74) is 0. The summed E-state index contributed by atoms with van der Waals surface area (Å²) in [5, 5.41) is 21.7. The molecule has 0 aromatic heterocycles. The molecule has 2 aliphatic rings. The maximum absolute atomic E-state index is 12.1. The Morgan fingerprint density at radius 1 is 1.19 bits per heavy atom. The smallest absolute Gasteiger partial charge is 0.317 e. The fourth-order valence-electron chi connectivity index (χ4n) is 3.19. The van der Waals surface area contributed by atoms with Gasteiger partial charge in [0, 0.05) is 19.6 Å². The van der Waals surface area contributed by atoms with Gasteiger partial charge in [-0.3, -0.25) is 4.79 Å². The van der Waals surface area contributed by atoms with Gasteiger partial charge in [0.2, 0.25) is 0 Å². The molecule has 2 fully saturated rings. The zero-order valence-electron chi connectivity index (χ0n) is 12.6. The van der Waals surface area contributed by atoms with Gasteiger partial charge >= 0.3 is 12.0 Å². The van der Waals surface area contributed by atoms with Crippen LogP contribution in [0.4, 0.5) is 4.79 Å². The van der Waals surface area contributed by atoms with Gasteiger partial charge in [-0.25, -0.2) is 4.79 Å². The first-order chi connectivity index (χ1) is 9.97. The predicted octanol–water partition coefficient (Wildman–Crippen LogP) is 1.29. The van der Waals surface area contributed by atoms with Crippen molar-refractivity contribution in [2.45, 2.75) is 45.1 Å². The van der Waals surface area contributed by atoms with E-state index < -0.39 is 12.1 Å². The van der Waals surface area contributed by atoms with Crippen LogP contribution in [0.2, 0.25) is 0 Å². The zero-order valence-corrected chi connectivity index (χ0v) is 12.6. The fourth-order valence-corrected chi connectivity index (χ4v) is 3.19. The highest BCUT2D eigenvalue weighted by Gasteiger charge is 2.29. The van der Waals surface area contributed by atoms with Crippen LogP contribution in [0.3, 0.4) is 0 Å². The number of aliphatic hydroxyl groups excluding tert-OH is 1. The minimum absolute atomic E-state index is 0.110. The summed E-state index contributed by atoms with van der Waals surface area (Å²) >= 11 is 0. The van der Waals surface area contributed by atoms with Gasteiger partial charge in [-0.15, -0.1) is 0 Å². The number of carboxylic acid groups (broad SMARTS) is 1. The average molecular weight is 298 g/mol. The third-order valence-corrected chi connectivity index (χ3v) is 4.94. The number of hydrogen-bond donors (Lipinski definition) is 3. The van der Waals surface area contributed by atoms with Crippen LogP contribution in [-0.2, 0) is 4.79 Å². The molecule has 3 N–H and O–H groups in total. The summed E-state index contributed by atoms with van der Waals surface area (Å²) in [5.74, 6) is -0.289. The number of carbonyl (C=O) groups is 2. The Balaban J connectivity index is 1.69. The molecule has 1 aliphatic heterocycles. The van der Waals surface area contributed by atoms with E-state index in [4.69, 9.17) is 5.11 Å². The zero-order chi connectivity index (χ0) is 15.4. The molecule has 1 saturated carbocycles. The summed E-state index contributed by atoms with van der Waals surface area (Å²) in [6, 6.07) is -0.110. The number of likely N-dealkylation sites (tertiary alicyclic amines) is 1. The number of rotatable bonds is 3. The molecule has 6 nitrogen and oxygen atoms in total. The van der Waals surface area contributed by atoms with Gasteiger partial charge in [0.25, 0.3) is 0 Å². The summed E-state index contributed by atoms with van der Waals surface area (Å²) in [6.45, 7) is 3.70. The standard InChI is InChI=1S/C15H26N2O4/c1-10-6-7-17(9-13(10)18)15(21)16-8-11-2-4-12(5-3-11)14(19)20/h10-13,18H,2-9H2,1H3,(H,16,21)(H,19,20). The number of piperidine rings is 1. The molecule has 21 heavy (non-hydrogen) atoms. The second-order valence-corrected chi connectivity index (χ2v) is 6.52. The highest BCUT2D eigenvalue weighted by atomic mass is 16.4. The third kappa shape index (κ3) is 4.33. The lowest BCUT2D eigenvalue weighted by Gasteiger charge is -2.35. The van der Waals surface area contributed by atoms with Crippen molar-refractivity contribution in [3.05, 3.63) is 0 Å². The predicted molar refractivity (Wildman–Crippen MR) is 77.8 cm³/mol. The topological polar surface area (TPSA) is 89.9 Å². The van der Waals surface area contributed by atoms with Crippen LogP contribution in [0.25, 0.3) is 0 Å². The van der Waals surface area contributed by atoms with E-state index in [2.05, 4.69) is 5.32 Å². The van der Waals surface area contributed by atoms with E-state index in [1.165, 1.54) is 0 Å². The molecule has 0 spiro atoms. The number of nitrogens with zero attached hydrogens (tertiary/aromatic N) is 1. The van der Waals surface area contributed by atoms with E-state index in [0.29, 0.717) is 38.4 Å². The van der Waals surface area contributed by atoms with E-state index in [1.807, 2.05) is 6.92 Å². The van der Waals surface area contributed by atoms with Crippen LogP contribution in [0.5, 0.6) is 0 Å². The molecule has 120 valence electrons. The van der Waals surface area contributed by atoms with Gasteiger partial charge in [0.1, 0.15) is 0 Å². The van der Waals surface area contributed by atoms with Crippen LogP contribution >= 0.6 is 0 Å². The second kappa shape index (κ2) is 7.11. The number of hydrogen-bond acceptors (Lipinski definition) is 3. The minimum Gasteiger partial charge on any atom is -0.481 e. The number of urea groups is 1. The molecule has 2 unspecified atom stereocenters. The summed E-state index contributed by atoms with van der Waals surface area (Å²) in [6.07, 6.45) is 3.52. The van der Waals surface area contributed by atoms with Gasteiger partial charge in [-0.2, -0.15) is 0 Å². The van der Waals surface area contributed by atoms with Crippen molar-refractivity contribution < 1.29 is 19.8 Å². The second-order valence-electron chi connectivity index (χ2n) is 6.52. The molecule has 1 heterocycles. The molecule has 0 aromatic carbocycles. The van der Waals surface area contributed by atoms with Crippen LogP contribution in [0.1, 0.15) is 39.0 Å². The highest BCUT2D eigenvalue weighted by Crippen LogP contribution is 2.28. The SMILES string of the molecule is CC1CCN(C(=O)NCC2CCC(C(=O)O)CC2)CC1O. The lowest BCUT2D eigenvalue weighted by atomic mass is 9.82. The van der Waals surface area contributed by atoms with Crippen LogP contribution in [0.15, 0.2) is 0 Å². The number of carbonyl (C=O) groups excluding carboxylic acids is 1. The Morgan fingerprint density at radius 3 is 2.43 bits per heavy atom. The molecule has 0 bridgehead atoms. The van der Waals surface area contributed by atoms with E-state index in [9.17, 15) is 14.7 Å². The molecule has 0 radical (unpaired) electrons. The largest absolute Gasteiger partial charge is 0.481 e. The first kappa shape index (κ1) is 16.1. The molecule has 6 heteroatoms. The molecule has 0 aromatic rings. The fraction of sp³-hybridized carbons (Fsp3) is 0.867. The number of aliphatic carboxylic acids is 1. The summed E-state index contributed by atoms with van der Waals surface area (Å²) in [4.78, 5) is 24.6. The summed E-state index contributed by atoms with van der Waals surface area (Å²) in [7, 11) is 0. The van der Waals surface area contributed by atoms with Crippen molar-refractivity contribution in [2.24, 2.45) is 17.8 Å². The van der Waals surface area contributed by atoms with Crippen molar-refractivity contribution >= 4 is 12.0 Å². The Hall–Kier alpha value is -1.30. The van der Waals surface area contributed by atoms with Crippen molar-refractivity contribution in [2.75, 3.05) is 19.6 Å². The Labute approximate surface area is 125 Å². The molecule has 1 aliphatic carbocycles. The van der Waals surface area contributed by atoms with Crippen molar-refractivity contribution in [1.29, 1.82) is 0 Å². The molecule has 2 atom stereocenters. The number of β-amino-alcohol motifs (C(OH)–C–C–N with tert-alkyl or cyclic N) is 1. The molecule has 2 amide bonds. The van der Waals surface area contributed by atoms with Crippen molar-refractivity contribution in [3.63, 3.8) is 0 Å². The van der Waals surface area contributed by atoms with Crippen LogP contribution in [-0.4, -0.2) is 52.9 Å². The van der Waals surface area contributed by atoms with E-state index in [0.717, 1.165) is 19.3 Å². The van der Waals surface area contributed by atoms with E-state index in [1.54, 1.807) is 4.90 Å². The van der Waals surface area contributed by atoms with Gasteiger partial charge in [-0.05, 0) is 43.9 Å². The molecular formula is C15H26N2O4. The first-order valence-corrected chi connectivity index (χ1v) is 7.91. The van der Waals surface area contributed by atoms with Gasteiger partial charge in [-0.1, -0.05) is 6.92 Å². The normalized spacial score (nSPS) is 33.5. The average Bonchev–Trinajstić information content (AvgIpc) is 2.48. The lowest BCUT2D eigenvalue weighted by molar-refractivity contribution is -0.143. The van der Waals surface area contributed by atoms with Crippen molar-refractivity contribution in [1.82, 2.24) is 10.2 Å². The molecular weight excluding hydrogens is 272 g/mol. The highest BCUT2D eigenvalue weighted by molar-refractivity contribution is 5.74. The van der Waals surface area contributed by atoms with Gasteiger partial charge in [0.05, 0.1) is 12.0 Å². The number of amides is 2. The Kier molecular flexibility index (Phi) is 5.45. The van der Waals surface area contributed by atoms with Crippen LogP contribution < -0.4 is 5.32 Å². The molecule has 2 rings (SSSR count). The van der Waals surface area contributed by atoms with Gasteiger partial charge < -0.3 is 20.4 Å².